The van der Waals surface area contributed by atoms with Crippen LogP contribution in [0, 0.1) is 25.7 Å². The molecule has 2 aliphatic carbocycles. The number of aromatic nitrogens is 4. The maximum Gasteiger partial charge on any atom is 0.224 e. The molecule has 206 valence electrons. The van der Waals surface area contributed by atoms with E-state index in [1.54, 1.807) is 31.4 Å². The summed E-state index contributed by atoms with van der Waals surface area (Å²) in [6.45, 7) is 10.7. The molecule has 5 N–H and O–H groups in total. The Kier molecular flexibility index (Phi) is 7.58. The minimum Gasteiger partial charge on any atom is -0.390 e. The van der Waals surface area contributed by atoms with Gasteiger partial charge in [-0.25, -0.2) is 9.97 Å². The van der Waals surface area contributed by atoms with Gasteiger partial charge in [0.1, 0.15) is 22.4 Å². The first-order chi connectivity index (χ1) is 18.0. The van der Waals surface area contributed by atoms with Crippen molar-refractivity contribution in [2.24, 2.45) is 11.8 Å². The Labute approximate surface area is 226 Å². The molecule has 0 aliphatic heterocycles. The minimum atomic E-state index is -1.13. The predicted octanol–water partition coefficient (Wildman–Crippen LogP) is 3.29. The van der Waals surface area contributed by atoms with Crippen LogP contribution in [0.3, 0.4) is 0 Å². The highest BCUT2D eigenvalue weighted by atomic mass is 32.1. The SMILES string of the molecule is CCO[C@H]1C[C@H](CNc2nc(C)c(-c3nc4c(C)nccc4s3)c(N[C@@H]3C[C@H](C(C)(C)O)[C@@H](O)[C@H]3O)n2)C1. The van der Waals surface area contributed by atoms with Gasteiger partial charge in [-0.1, -0.05) is 0 Å². The van der Waals surface area contributed by atoms with E-state index in [0.29, 0.717) is 30.2 Å². The van der Waals surface area contributed by atoms with Crippen LogP contribution in [0.1, 0.15) is 51.4 Å². The maximum atomic E-state index is 10.9. The van der Waals surface area contributed by atoms with Crippen LogP contribution in [-0.4, -0.2) is 78.4 Å². The number of nitrogens with one attached hydrogen (secondary N) is 2. The Bertz CT molecular complexity index is 1290. The smallest absolute Gasteiger partial charge is 0.224 e. The summed E-state index contributed by atoms with van der Waals surface area (Å²) in [7, 11) is 0. The quantitative estimate of drug-likeness (QED) is 0.273. The van der Waals surface area contributed by atoms with Gasteiger partial charge in [0.05, 0.1) is 45.5 Å². The summed E-state index contributed by atoms with van der Waals surface area (Å²) in [4.78, 5) is 18.8. The Morgan fingerprint density at radius 3 is 2.50 bits per heavy atom. The molecule has 0 radical (unpaired) electrons. The monoisotopic (exact) mass is 542 g/mol. The third kappa shape index (κ3) is 5.35. The van der Waals surface area contributed by atoms with Crippen molar-refractivity contribution in [2.45, 2.75) is 83.8 Å². The average Bonchev–Trinajstić information content (AvgIpc) is 3.37. The lowest BCUT2D eigenvalue weighted by Gasteiger charge is -2.35. The largest absolute Gasteiger partial charge is 0.390 e. The lowest BCUT2D eigenvalue weighted by Crippen LogP contribution is -2.40. The number of hydrogen-bond acceptors (Lipinski definition) is 11. The van der Waals surface area contributed by atoms with Gasteiger partial charge >= 0.3 is 0 Å². The van der Waals surface area contributed by atoms with E-state index in [0.717, 1.165) is 58.2 Å². The van der Waals surface area contributed by atoms with E-state index in [4.69, 9.17) is 19.7 Å². The summed E-state index contributed by atoms with van der Waals surface area (Å²) in [5.74, 6) is 1.07. The van der Waals surface area contributed by atoms with Crippen molar-refractivity contribution in [2.75, 3.05) is 23.8 Å². The van der Waals surface area contributed by atoms with Crippen molar-refractivity contribution in [1.29, 1.82) is 0 Å². The fraction of sp³-hybridized carbons (Fsp3) is 0.630. The van der Waals surface area contributed by atoms with Crippen molar-refractivity contribution in [1.82, 2.24) is 19.9 Å². The topological polar surface area (TPSA) is 146 Å². The Balaban J connectivity index is 1.45. The molecule has 5 rings (SSSR count). The molecular formula is C27H38N6O4S. The van der Waals surface area contributed by atoms with Gasteiger partial charge in [0.25, 0.3) is 0 Å². The molecule has 38 heavy (non-hydrogen) atoms. The summed E-state index contributed by atoms with van der Waals surface area (Å²) in [5, 5.41) is 39.6. The van der Waals surface area contributed by atoms with E-state index in [1.165, 1.54) is 0 Å². The third-order valence-corrected chi connectivity index (χ3v) is 8.89. The molecule has 2 fully saturated rings. The molecule has 0 amide bonds. The summed E-state index contributed by atoms with van der Waals surface area (Å²) >= 11 is 1.54. The van der Waals surface area contributed by atoms with E-state index in [1.807, 2.05) is 26.8 Å². The van der Waals surface area contributed by atoms with Crippen LogP contribution in [0.25, 0.3) is 20.8 Å². The molecule has 3 aromatic heterocycles. The van der Waals surface area contributed by atoms with Gasteiger partial charge in [0.2, 0.25) is 5.95 Å². The lowest BCUT2D eigenvalue weighted by atomic mass is 9.82. The fourth-order valence-corrected chi connectivity index (χ4v) is 6.72. The van der Waals surface area contributed by atoms with Crippen molar-refractivity contribution < 1.29 is 20.1 Å². The predicted molar refractivity (Wildman–Crippen MR) is 148 cm³/mol. The highest BCUT2D eigenvalue weighted by molar-refractivity contribution is 7.21. The molecule has 4 atom stereocenters. The first-order valence-electron chi connectivity index (χ1n) is 13.4. The highest BCUT2D eigenvalue weighted by Gasteiger charge is 2.48. The molecule has 3 aromatic rings. The standard InChI is InChI=1S/C27H38N6O4S/c1-6-37-16-9-15(10-16)12-29-26-30-13(2)20(25-32-21-14(3)28-8-7-19(21)38-25)24(33-26)31-18-11-17(27(4,5)36)22(34)23(18)35/h7-8,15-18,22-23,34-36H,6,9-12H2,1-5H3,(H2,29,30,31,33)/t15-,16-,17-,18+,22+,23-/m0/s1. The van der Waals surface area contributed by atoms with Gasteiger partial charge in [-0.3, -0.25) is 4.98 Å². The normalized spacial score (nSPS) is 27.5. The van der Waals surface area contributed by atoms with Crippen LogP contribution in [0.2, 0.25) is 0 Å². The number of ether oxygens (including phenoxy) is 1. The molecular weight excluding hydrogens is 504 g/mol. The average molecular weight is 543 g/mol. The van der Waals surface area contributed by atoms with Gasteiger partial charge in [0, 0.05) is 25.3 Å². The second-order valence-corrected chi connectivity index (χ2v) is 12.2. The first-order valence-corrected chi connectivity index (χ1v) is 14.2. The fourth-order valence-electron chi connectivity index (χ4n) is 5.60. The zero-order valence-electron chi connectivity index (χ0n) is 22.6. The van der Waals surface area contributed by atoms with Gasteiger partial charge in [0.15, 0.2) is 0 Å². The number of aryl methyl sites for hydroxylation is 2. The van der Waals surface area contributed by atoms with Crippen LogP contribution in [0.5, 0.6) is 0 Å². The highest BCUT2D eigenvalue weighted by Crippen LogP contribution is 2.40. The number of anilines is 2. The summed E-state index contributed by atoms with van der Waals surface area (Å²) in [6, 6.07) is 1.45. The molecule has 0 unspecified atom stereocenters. The number of hydrogen-bond donors (Lipinski definition) is 5. The van der Waals surface area contributed by atoms with Crippen LogP contribution in [-0.2, 0) is 4.74 Å². The molecule has 0 aromatic carbocycles. The van der Waals surface area contributed by atoms with Crippen molar-refractivity contribution in [3.8, 4) is 10.6 Å². The van der Waals surface area contributed by atoms with Gasteiger partial charge in [-0.05, 0) is 65.9 Å². The van der Waals surface area contributed by atoms with Crippen molar-refractivity contribution in [3.05, 3.63) is 23.7 Å². The third-order valence-electron chi connectivity index (χ3n) is 7.85. The summed E-state index contributed by atoms with van der Waals surface area (Å²) < 4.78 is 6.70. The summed E-state index contributed by atoms with van der Waals surface area (Å²) in [6.07, 6.45) is 2.44. The molecule has 0 saturated heterocycles. The second kappa shape index (κ2) is 10.6. The van der Waals surface area contributed by atoms with E-state index in [2.05, 4.69) is 15.6 Å². The number of aliphatic hydroxyl groups is 3. The minimum absolute atomic E-state index is 0.338. The molecule has 2 saturated carbocycles. The van der Waals surface area contributed by atoms with Gasteiger partial charge in [-0.2, -0.15) is 4.98 Å². The van der Waals surface area contributed by atoms with E-state index in [9.17, 15) is 15.3 Å². The Hall–Kier alpha value is -2.44. The molecule has 0 bridgehead atoms. The molecule has 2 aliphatic rings. The van der Waals surface area contributed by atoms with E-state index >= 15 is 0 Å². The van der Waals surface area contributed by atoms with Crippen LogP contribution >= 0.6 is 11.3 Å². The van der Waals surface area contributed by atoms with Crippen LogP contribution in [0.4, 0.5) is 11.8 Å². The molecule has 11 heteroatoms. The van der Waals surface area contributed by atoms with Crippen molar-refractivity contribution >= 4 is 33.3 Å². The number of thiazole rings is 1. The Morgan fingerprint density at radius 1 is 1.08 bits per heavy atom. The first kappa shape index (κ1) is 27.1. The van der Waals surface area contributed by atoms with Crippen LogP contribution in [0.15, 0.2) is 12.3 Å². The zero-order chi connectivity index (χ0) is 27.2. The maximum absolute atomic E-state index is 10.9. The number of nitrogens with zero attached hydrogens (tertiary/aromatic N) is 4. The number of rotatable bonds is 9. The number of pyridine rings is 1. The molecule has 10 nitrogen and oxygen atoms in total. The second-order valence-electron chi connectivity index (χ2n) is 11.1. The number of aliphatic hydroxyl groups excluding tert-OH is 2. The van der Waals surface area contributed by atoms with Crippen molar-refractivity contribution in [3.63, 3.8) is 0 Å². The van der Waals surface area contributed by atoms with E-state index < -0.39 is 29.8 Å². The van der Waals surface area contributed by atoms with E-state index in [-0.39, 0.29) is 0 Å². The lowest BCUT2D eigenvalue weighted by molar-refractivity contribution is -0.0601. The summed E-state index contributed by atoms with van der Waals surface area (Å²) in [5.41, 5.74) is 2.07. The van der Waals surface area contributed by atoms with Gasteiger partial charge < -0.3 is 30.7 Å². The Morgan fingerprint density at radius 2 is 1.84 bits per heavy atom. The van der Waals surface area contributed by atoms with Gasteiger partial charge in [-0.15, -0.1) is 11.3 Å². The van der Waals surface area contributed by atoms with Crippen LogP contribution < -0.4 is 10.6 Å². The zero-order valence-corrected chi connectivity index (χ0v) is 23.4. The molecule has 3 heterocycles. The molecule has 0 spiro atoms. The number of fused-ring (bicyclic) bond motifs is 1.